The number of halogens is 3. The van der Waals surface area contributed by atoms with Gasteiger partial charge in [-0.1, -0.05) is 0 Å². The molecule has 0 spiro atoms. The molecule has 1 aliphatic heterocycles. The normalized spacial score (nSPS) is 16.6. The van der Waals surface area contributed by atoms with Crippen LogP contribution < -0.4 is 4.90 Å². The molecule has 0 amide bonds. The van der Waals surface area contributed by atoms with E-state index in [4.69, 9.17) is 0 Å². The Morgan fingerprint density at radius 1 is 1.14 bits per heavy atom. The molecular formula is C12H13F3N2O4S. The summed E-state index contributed by atoms with van der Waals surface area (Å²) in [5.41, 5.74) is -5.98. The fraction of sp³-hybridized carbons (Fsp3) is 0.500. The SMILES string of the molecule is O=[N+]([O-])c1cc(S(=O)(=O)C(F)(F)F)ccc1N1CCCCC1. The van der Waals surface area contributed by atoms with Crippen molar-refractivity contribution in [2.24, 2.45) is 0 Å². The number of nitrogens with zero attached hydrogens (tertiary/aromatic N) is 2. The van der Waals surface area contributed by atoms with Gasteiger partial charge < -0.3 is 4.90 Å². The van der Waals surface area contributed by atoms with E-state index in [0.717, 1.165) is 31.4 Å². The maximum Gasteiger partial charge on any atom is 0.501 e. The molecule has 0 saturated carbocycles. The Morgan fingerprint density at radius 3 is 2.23 bits per heavy atom. The van der Waals surface area contributed by atoms with Crippen LogP contribution in [0.25, 0.3) is 0 Å². The summed E-state index contributed by atoms with van der Waals surface area (Å²) in [6.45, 7) is 1.10. The molecular weight excluding hydrogens is 325 g/mol. The van der Waals surface area contributed by atoms with Gasteiger partial charge in [0.05, 0.1) is 9.82 Å². The molecule has 1 aromatic rings. The maximum absolute atomic E-state index is 12.5. The maximum atomic E-state index is 12.5. The van der Waals surface area contributed by atoms with Crippen molar-refractivity contribution in [1.29, 1.82) is 0 Å². The fourth-order valence-corrected chi connectivity index (χ4v) is 3.13. The second-order valence-electron chi connectivity index (χ2n) is 4.90. The third-order valence-corrected chi connectivity index (χ3v) is 4.94. The van der Waals surface area contributed by atoms with Gasteiger partial charge in [0.15, 0.2) is 0 Å². The molecule has 10 heteroatoms. The molecule has 0 aromatic heterocycles. The topological polar surface area (TPSA) is 80.5 Å². The Hall–Kier alpha value is -1.84. The summed E-state index contributed by atoms with van der Waals surface area (Å²) in [7, 11) is -5.60. The zero-order valence-electron chi connectivity index (χ0n) is 11.3. The van der Waals surface area contributed by atoms with Crippen LogP contribution >= 0.6 is 0 Å². The van der Waals surface area contributed by atoms with Crippen molar-refractivity contribution < 1.29 is 26.5 Å². The Labute approximate surface area is 124 Å². The number of anilines is 1. The highest BCUT2D eigenvalue weighted by molar-refractivity contribution is 7.92. The first kappa shape index (κ1) is 16.5. The van der Waals surface area contributed by atoms with E-state index in [1.807, 2.05) is 0 Å². The minimum absolute atomic E-state index is 0.144. The summed E-state index contributed by atoms with van der Waals surface area (Å²) in [6, 6.07) is 2.31. The number of nitro groups is 1. The van der Waals surface area contributed by atoms with Crippen LogP contribution in [0.5, 0.6) is 0 Å². The van der Waals surface area contributed by atoms with E-state index in [9.17, 15) is 31.7 Å². The average Bonchev–Trinajstić information content (AvgIpc) is 2.46. The largest absolute Gasteiger partial charge is 0.501 e. The number of piperidine rings is 1. The predicted octanol–water partition coefficient (Wildman–Crippen LogP) is 2.88. The molecule has 0 aliphatic carbocycles. The molecule has 1 heterocycles. The standard InChI is InChI=1S/C12H13F3N2O4S/c13-12(14,15)22(20,21)9-4-5-10(11(8-9)17(18)19)16-6-2-1-3-7-16/h4-5,8H,1-3,6-7H2. The number of alkyl halides is 3. The van der Waals surface area contributed by atoms with Gasteiger partial charge in [-0.2, -0.15) is 13.2 Å². The van der Waals surface area contributed by atoms with Crippen LogP contribution in [0.1, 0.15) is 19.3 Å². The molecule has 0 radical (unpaired) electrons. The van der Waals surface area contributed by atoms with Gasteiger partial charge in [-0.05, 0) is 31.4 Å². The number of nitro benzene ring substituents is 1. The van der Waals surface area contributed by atoms with Gasteiger partial charge in [-0.3, -0.25) is 10.1 Å². The van der Waals surface area contributed by atoms with Crippen molar-refractivity contribution in [2.75, 3.05) is 18.0 Å². The summed E-state index contributed by atoms with van der Waals surface area (Å²) < 4.78 is 60.3. The molecule has 1 saturated heterocycles. The van der Waals surface area contributed by atoms with E-state index in [2.05, 4.69) is 0 Å². The smallest absolute Gasteiger partial charge is 0.366 e. The lowest BCUT2D eigenvalue weighted by atomic mass is 10.1. The third kappa shape index (κ3) is 3.01. The first-order chi connectivity index (χ1) is 10.1. The molecule has 122 valence electrons. The molecule has 0 bridgehead atoms. The van der Waals surface area contributed by atoms with Gasteiger partial charge in [0.25, 0.3) is 15.5 Å². The Balaban J connectivity index is 2.50. The summed E-state index contributed by atoms with van der Waals surface area (Å²) in [4.78, 5) is 10.8. The van der Waals surface area contributed by atoms with Crippen LogP contribution in [0.2, 0.25) is 0 Å². The number of sulfone groups is 1. The van der Waals surface area contributed by atoms with E-state index in [1.165, 1.54) is 0 Å². The number of rotatable bonds is 3. The summed E-state index contributed by atoms with van der Waals surface area (Å²) in [5.74, 6) is 0. The molecule has 1 fully saturated rings. The lowest BCUT2D eigenvalue weighted by Gasteiger charge is -2.28. The van der Waals surface area contributed by atoms with Crippen LogP contribution in [0.3, 0.4) is 0 Å². The highest BCUT2D eigenvalue weighted by Crippen LogP contribution is 2.36. The zero-order chi connectivity index (χ0) is 16.5. The predicted molar refractivity (Wildman–Crippen MR) is 72.4 cm³/mol. The van der Waals surface area contributed by atoms with Crippen LogP contribution in [0.15, 0.2) is 23.1 Å². The fourth-order valence-electron chi connectivity index (χ4n) is 2.35. The van der Waals surface area contributed by atoms with E-state index >= 15 is 0 Å². The van der Waals surface area contributed by atoms with Crippen LogP contribution in [-0.4, -0.2) is 31.9 Å². The van der Waals surface area contributed by atoms with Crippen molar-refractivity contribution in [3.63, 3.8) is 0 Å². The zero-order valence-corrected chi connectivity index (χ0v) is 12.2. The van der Waals surface area contributed by atoms with Gasteiger partial charge in [-0.15, -0.1) is 0 Å². The Morgan fingerprint density at radius 2 is 1.73 bits per heavy atom. The Kier molecular flexibility index (Phi) is 4.32. The summed E-state index contributed by atoms with van der Waals surface area (Å²) in [5, 5.41) is 11.1. The third-order valence-electron chi connectivity index (χ3n) is 3.46. The molecule has 1 aromatic carbocycles. The van der Waals surface area contributed by atoms with Crippen LogP contribution in [-0.2, 0) is 9.84 Å². The first-order valence-electron chi connectivity index (χ1n) is 6.49. The molecule has 0 atom stereocenters. The number of hydrogen-bond donors (Lipinski definition) is 0. The van der Waals surface area contributed by atoms with Crippen molar-refractivity contribution in [3.8, 4) is 0 Å². The average molecular weight is 338 g/mol. The van der Waals surface area contributed by atoms with Crippen molar-refractivity contribution in [3.05, 3.63) is 28.3 Å². The molecule has 1 aliphatic rings. The van der Waals surface area contributed by atoms with Crippen molar-refractivity contribution in [1.82, 2.24) is 0 Å². The quantitative estimate of drug-likeness (QED) is 0.625. The lowest BCUT2D eigenvalue weighted by molar-refractivity contribution is -0.384. The lowest BCUT2D eigenvalue weighted by Crippen LogP contribution is -2.30. The Bertz CT molecular complexity index is 682. The van der Waals surface area contributed by atoms with Gasteiger partial charge in [0.1, 0.15) is 5.69 Å². The van der Waals surface area contributed by atoms with Crippen molar-refractivity contribution >= 4 is 21.2 Å². The minimum atomic E-state index is -5.60. The molecule has 2 rings (SSSR count). The first-order valence-corrected chi connectivity index (χ1v) is 7.97. The van der Waals surface area contributed by atoms with Crippen LogP contribution in [0, 0.1) is 10.1 Å². The molecule has 0 unspecified atom stereocenters. The van der Waals surface area contributed by atoms with E-state index < -0.39 is 30.9 Å². The number of benzene rings is 1. The van der Waals surface area contributed by atoms with Gasteiger partial charge in [-0.25, -0.2) is 8.42 Å². The highest BCUT2D eigenvalue weighted by Gasteiger charge is 2.47. The van der Waals surface area contributed by atoms with E-state index in [0.29, 0.717) is 19.2 Å². The second-order valence-corrected chi connectivity index (χ2v) is 6.85. The summed E-state index contributed by atoms with van der Waals surface area (Å²) >= 11 is 0. The molecule has 22 heavy (non-hydrogen) atoms. The number of hydrogen-bond acceptors (Lipinski definition) is 5. The molecule has 0 N–H and O–H groups in total. The summed E-state index contributed by atoms with van der Waals surface area (Å²) in [6.07, 6.45) is 2.62. The monoisotopic (exact) mass is 338 g/mol. The molecule has 6 nitrogen and oxygen atoms in total. The van der Waals surface area contributed by atoms with E-state index in [-0.39, 0.29) is 5.69 Å². The second kappa shape index (κ2) is 5.75. The van der Waals surface area contributed by atoms with Crippen molar-refractivity contribution in [2.45, 2.75) is 29.7 Å². The van der Waals surface area contributed by atoms with Crippen LogP contribution in [0.4, 0.5) is 24.5 Å². The van der Waals surface area contributed by atoms with E-state index in [1.54, 1.807) is 4.90 Å². The van der Waals surface area contributed by atoms with Gasteiger partial charge in [0.2, 0.25) is 0 Å². The van der Waals surface area contributed by atoms with Gasteiger partial charge >= 0.3 is 5.51 Å². The minimum Gasteiger partial charge on any atom is -0.366 e. The van der Waals surface area contributed by atoms with Gasteiger partial charge in [0, 0.05) is 19.2 Å². The highest BCUT2D eigenvalue weighted by atomic mass is 32.2.